The van der Waals surface area contributed by atoms with Gasteiger partial charge in [0.1, 0.15) is 5.60 Å². The third kappa shape index (κ3) is 26.9. The minimum Gasteiger partial charge on any atom is -0.326 e. The molecule has 1 aromatic carbocycles. The molecule has 1 atom stereocenters. The highest BCUT2D eigenvalue weighted by Gasteiger charge is 2.36. The Morgan fingerprint density at radius 1 is 0.400 bits per heavy atom. The first kappa shape index (κ1) is 52.4. The largest absolute Gasteiger partial charge is 0.326 e. The summed E-state index contributed by atoms with van der Waals surface area (Å²) < 4.78 is 19.0. The van der Waals surface area contributed by atoms with Gasteiger partial charge >= 0.3 is 8.25 Å². The van der Waals surface area contributed by atoms with E-state index in [0.29, 0.717) is 0 Å². The summed E-state index contributed by atoms with van der Waals surface area (Å²) in [5.41, 5.74) is 2.96. The van der Waals surface area contributed by atoms with Gasteiger partial charge in [-0.05, 0) is 40.4 Å². The molecule has 1 unspecified atom stereocenters. The summed E-state index contributed by atoms with van der Waals surface area (Å²) in [7, 11) is -3.12. The summed E-state index contributed by atoms with van der Waals surface area (Å²) >= 11 is 0. The maximum Gasteiger partial charge on any atom is 0.317 e. The summed E-state index contributed by atoms with van der Waals surface area (Å²) in [5, 5.41) is 0. The molecular formula is C51H97O3P. The molecule has 0 radical (unpaired) electrons. The van der Waals surface area contributed by atoms with Crippen molar-refractivity contribution in [2.24, 2.45) is 0 Å². The molecular weight excluding hydrogens is 692 g/mol. The fourth-order valence-corrected chi connectivity index (χ4v) is 9.07. The molecule has 0 aromatic heterocycles. The molecule has 0 aliphatic rings. The van der Waals surface area contributed by atoms with Gasteiger partial charge in [-0.2, -0.15) is 0 Å². The Labute approximate surface area is 346 Å². The fourth-order valence-electron chi connectivity index (χ4n) is 8.42. The maximum absolute atomic E-state index is 12.7. The second-order valence-corrected chi connectivity index (χ2v) is 20.5. The standard InChI is InChI=1S/C51H97O3P/c1-9-11-13-15-17-19-21-23-25-27-29-31-33-35-37-39-41-51(54-55(52)53,48-44-46(49(3,4)5)43-47(45-48)50(6,7)8)42-40-38-36-34-32-30-28-26-24-22-20-18-16-14-12-10-2/h43-45,55H,9-42H2,1-8H3,(H,52,53). The second kappa shape index (κ2) is 32.2. The Kier molecular flexibility index (Phi) is 30.7. The van der Waals surface area contributed by atoms with Gasteiger partial charge in [-0.15, -0.1) is 0 Å². The zero-order valence-corrected chi connectivity index (χ0v) is 39.5. The molecule has 1 aromatic rings. The van der Waals surface area contributed by atoms with Crippen molar-refractivity contribution in [3.8, 4) is 0 Å². The van der Waals surface area contributed by atoms with Crippen molar-refractivity contribution in [3.05, 3.63) is 34.9 Å². The Hall–Kier alpha value is -0.630. The van der Waals surface area contributed by atoms with Crippen molar-refractivity contribution in [1.29, 1.82) is 0 Å². The van der Waals surface area contributed by atoms with Gasteiger partial charge in [-0.25, -0.2) is 0 Å². The van der Waals surface area contributed by atoms with Crippen molar-refractivity contribution in [2.75, 3.05) is 0 Å². The van der Waals surface area contributed by atoms with Gasteiger partial charge in [0.05, 0.1) is 0 Å². The van der Waals surface area contributed by atoms with Crippen LogP contribution in [-0.4, -0.2) is 4.89 Å². The summed E-state index contributed by atoms with van der Waals surface area (Å²) in [5.74, 6) is 0. The Morgan fingerprint density at radius 3 is 0.836 bits per heavy atom. The molecule has 0 saturated heterocycles. The third-order valence-corrected chi connectivity index (χ3v) is 12.9. The lowest BCUT2D eigenvalue weighted by Gasteiger charge is -2.36. The molecule has 55 heavy (non-hydrogen) atoms. The van der Waals surface area contributed by atoms with Gasteiger partial charge in [0.15, 0.2) is 0 Å². The topological polar surface area (TPSA) is 46.5 Å². The second-order valence-electron chi connectivity index (χ2n) is 19.8. The van der Waals surface area contributed by atoms with E-state index < -0.39 is 13.9 Å². The normalized spacial score (nSPS) is 13.2. The number of hydrogen-bond donors (Lipinski definition) is 1. The highest BCUT2D eigenvalue weighted by molar-refractivity contribution is 7.32. The van der Waals surface area contributed by atoms with E-state index in [2.05, 4.69) is 73.6 Å². The summed E-state index contributed by atoms with van der Waals surface area (Å²) in [6.45, 7) is 18.3. The van der Waals surface area contributed by atoms with Crippen LogP contribution in [0, 0.1) is 0 Å². The first-order chi connectivity index (χ1) is 26.4. The smallest absolute Gasteiger partial charge is 0.317 e. The van der Waals surface area contributed by atoms with Gasteiger partial charge in [0.2, 0.25) is 0 Å². The first-order valence-electron chi connectivity index (χ1n) is 24.4. The van der Waals surface area contributed by atoms with Crippen molar-refractivity contribution in [2.45, 2.75) is 290 Å². The highest BCUT2D eigenvalue weighted by Crippen LogP contribution is 2.45. The Balaban J connectivity index is 2.69. The molecule has 0 spiro atoms. The van der Waals surface area contributed by atoms with Crippen LogP contribution >= 0.6 is 8.25 Å². The molecule has 1 N–H and O–H groups in total. The summed E-state index contributed by atoms with van der Waals surface area (Å²) in [6.07, 6.45) is 44.7. The molecule has 0 aliphatic carbocycles. The van der Waals surface area contributed by atoms with Crippen LogP contribution in [0.2, 0.25) is 0 Å². The first-order valence-corrected chi connectivity index (χ1v) is 25.7. The predicted octanol–water partition coefficient (Wildman–Crippen LogP) is 18.2. The molecule has 0 fully saturated rings. The molecule has 4 heteroatoms. The van der Waals surface area contributed by atoms with Gasteiger partial charge in [0.25, 0.3) is 0 Å². The van der Waals surface area contributed by atoms with Crippen molar-refractivity contribution in [1.82, 2.24) is 0 Å². The van der Waals surface area contributed by atoms with E-state index in [9.17, 15) is 9.46 Å². The van der Waals surface area contributed by atoms with Crippen LogP contribution in [0.3, 0.4) is 0 Å². The average molecular weight is 789 g/mol. The van der Waals surface area contributed by atoms with Crippen LogP contribution in [-0.2, 0) is 25.5 Å². The number of hydrogen-bond acceptors (Lipinski definition) is 2. The third-order valence-electron chi connectivity index (χ3n) is 12.3. The van der Waals surface area contributed by atoms with E-state index in [4.69, 9.17) is 4.52 Å². The van der Waals surface area contributed by atoms with E-state index >= 15 is 0 Å². The van der Waals surface area contributed by atoms with Crippen LogP contribution in [0.4, 0.5) is 0 Å². The SMILES string of the molecule is CCCCCCCCCCCCCCCCCCC(CCCCCCCCCCCCCCCCCC)(O[PH](=O)O)c1cc(C(C)(C)C)cc(C(C)(C)C)c1. The summed E-state index contributed by atoms with van der Waals surface area (Å²) in [4.78, 5) is 10.4. The van der Waals surface area contributed by atoms with E-state index in [0.717, 1.165) is 31.2 Å². The van der Waals surface area contributed by atoms with E-state index in [1.54, 1.807) is 0 Å². The molecule has 0 heterocycles. The predicted molar refractivity (Wildman–Crippen MR) is 246 cm³/mol. The van der Waals surface area contributed by atoms with Gasteiger partial charge in [-0.1, -0.05) is 279 Å². The van der Waals surface area contributed by atoms with Crippen LogP contribution in [0.15, 0.2) is 18.2 Å². The molecule has 0 bridgehead atoms. The molecule has 0 amide bonds. The molecule has 0 saturated carbocycles. The zero-order valence-electron chi connectivity index (χ0n) is 38.5. The minimum absolute atomic E-state index is 0.0191. The monoisotopic (exact) mass is 789 g/mol. The van der Waals surface area contributed by atoms with Gasteiger partial charge < -0.3 is 4.89 Å². The van der Waals surface area contributed by atoms with Gasteiger partial charge in [-0.3, -0.25) is 9.09 Å². The average Bonchev–Trinajstić information content (AvgIpc) is 3.13. The van der Waals surface area contributed by atoms with Crippen LogP contribution in [0.1, 0.15) is 290 Å². The Bertz CT molecular complexity index is 983. The maximum atomic E-state index is 12.7. The van der Waals surface area contributed by atoms with Gasteiger partial charge in [0, 0.05) is 0 Å². The van der Waals surface area contributed by atoms with Crippen molar-refractivity contribution in [3.63, 3.8) is 0 Å². The highest BCUT2D eigenvalue weighted by atomic mass is 31.1. The number of unbranched alkanes of at least 4 members (excludes halogenated alkanes) is 30. The number of benzene rings is 1. The molecule has 1 rings (SSSR count). The minimum atomic E-state index is -3.12. The summed E-state index contributed by atoms with van der Waals surface area (Å²) in [6, 6.07) is 7.00. The fraction of sp³-hybridized carbons (Fsp3) is 0.882. The van der Waals surface area contributed by atoms with Crippen LogP contribution < -0.4 is 0 Å². The Morgan fingerprint density at radius 2 is 0.618 bits per heavy atom. The molecule has 0 aliphatic heterocycles. The molecule has 3 nitrogen and oxygen atoms in total. The van der Waals surface area contributed by atoms with E-state index in [1.807, 2.05) is 0 Å². The van der Waals surface area contributed by atoms with Crippen LogP contribution in [0.5, 0.6) is 0 Å². The van der Waals surface area contributed by atoms with Crippen molar-refractivity contribution < 1.29 is 14.0 Å². The quantitative estimate of drug-likeness (QED) is 0.0539. The zero-order chi connectivity index (χ0) is 40.7. The lowest BCUT2D eigenvalue weighted by Crippen LogP contribution is -2.30. The number of rotatable bonds is 37. The van der Waals surface area contributed by atoms with Crippen molar-refractivity contribution >= 4 is 8.25 Å². The molecule has 324 valence electrons. The van der Waals surface area contributed by atoms with E-state index in [1.165, 1.54) is 204 Å². The van der Waals surface area contributed by atoms with E-state index in [-0.39, 0.29) is 10.8 Å². The lowest BCUT2D eigenvalue weighted by molar-refractivity contribution is 0.0378. The lowest BCUT2D eigenvalue weighted by atomic mass is 9.75. The van der Waals surface area contributed by atoms with Crippen LogP contribution in [0.25, 0.3) is 0 Å².